The Kier molecular flexibility index (Phi) is 5.25. The number of hydrogen-bond acceptors (Lipinski definition) is 4. The number of aliphatic carboxylic acids is 1. The number of hydrogen-bond donors (Lipinski definition) is 1. The normalized spacial score (nSPS) is 11.2. The van der Waals surface area contributed by atoms with Gasteiger partial charge in [0.25, 0.3) is 5.91 Å². The molecule has 2 aromatic carbocycles. The Morgan fingerprint density at radius 2 is 1.89 bits per heavy atom. The predicted molar refractivity (Wildman–Crippen MR) is 101 cm³/mol. The Bertz CT molecular complexity index is 1090. The minimum atomic E-state index is -1.23. The molecule has 1 amide bonds. The van der Waals surface area contributed by atoms with Crippen molar-refractivity contribution in [2.75, 3.05) is 5.32 Å². The summed E-state index contributed by atoms with van der Waals surface area (Å²) in [5.74, 6) is -1.80. The van der Waals surface area contributed by atoms with Gasteiger partial charge in [-0.1, -0.05) is 29.8 Å². The molecule has 0 unspecified atom stereocenters. The fourth-order valence-electron chi connectivity index (χ4n) is 2.70. The van der Waals surface area contributed by atoms with Gasteiger partial charge in [-0.2, -0.15) is 5.26 Å². The maximum Gasteiger partial charge on any atom is 0.266 e. The molecule has 0 saturated heterocycles. The molecule has 3 aromatic rings. The number of rotatable bonds is 5. The first kappa shape index (κ1) is 18.2. The third-order valence-corrected chi connectivity index (χ3v) is 4.14. The number of carboxylic acid groups (broad SMARTS) is 1. The van der Waals surface area contributed by atoms with Gasteiger partial charge in [0.05, 0.1) is 12.5 Å². The van der Waals surface area contributed by atoms with Crippen LogP contribution in [-0.4, -0.2) is 16.4 Å². The lowest BCUT2D eigenvalue weighted by Gasteiger charge is -2.05. The molecule has 0 radical (unpaired) electrons. The number of fused-ring (bicyclic) bond motifs is 1. The highest BCUT2D eigenvalue weighted by Gasteiger charge is 2.13. The predicted octanol–water partition coefficient (Wildman–Crippen LogP) is 2.59. The molecule has 1 heterocycles. The quantitative estimate of drug-likeness (QED) is 0.545. The van der Waals surface area contributed by atoms with Crippen LogP contribution in [0, 0.1) is 11.3 Å². The van der Waals surface area contributed by atoms with E-state index in [4.69, 9.17) is 11.6 Å². The van der Waals surface area contributed by atoms with Crippen LogP contribution < -0.4 is 10.4 Å². The maximum absolute atomic E-state index is 12.4. The molecule has 0 atom stereocenters. The number of nitrogens with one attached hydrogen (secondary N) is 1. The van der Waals surface area contributed by atoms with E-state index in [9.17, 15) is 20.0 Å². The number of para-hydroxylation sites is 1. The van der Waals surface area contributed by atoms with E-state index in [2.05, 4.69) is 5.32 Å². The molecule has 7 heteroatoms. The van der Waals surface area contributed by atoms with Crippen LogP contribution in [0.3, 0.4) is 0 Å². The fourth-order valence-corrected chi connectivity index (χ4v) is 2.82. The van der Waals surface area contributed by atoms with Gasteiger partial charge < -0.3 is 19.8 Å². The van der Waals surface area contributed by atoms with E-state index >= 15 is 0 Å². The van der Waals surface area contributed by atoms with E-state index in [-0.39, 0.29) is 12.1 Å². The Morgan fingerprint density at radius 3 is 2.56 bits per heavy atom. The number of anilines is 1. The number of aromatic nitrogens is 1. The molecule has 0 aliphatic heterocycles. The lowest BCUT2D eigenvalue weighted by atomic mass is 10.1. The summed E-state index contributed by atoms with van der Waals surface area (Å²) in [6.45, 7) is -0.326. The summed E-state index contributed by atoms with van der Waals surface area (Å²) < 4.78 is 1.50. The fraction of sp³-hybridized carbons (Fsp3) is 0.0500. The number of nitriles is 1. The zero-order valence-electron chi connectivity index (χ0n) is 14.0. The summed E-state index contributed by atoms with van der Waals surface area (Å²) in [4.78, 5) is 23.4. The van der Waals surface area contributed by atoms with Gasteiger partial charge in [0.15, 0.2) is 0 Å². The molecule has 0 aliphatic rings. The summed E-state index contributed by atoms with van der Waals surface area (Å²) in [6.07, 6.45) is 3.01. The second kappa shape index (κ2) is 7.77. The first-order valence-electron chi connectivity index (χ1n) is 7.94. The van der Waals surface area contributed by atoms with Crippen molar-refractivity contribution in [1.29, 1.82) is 5.26 Å². The van der Waals surface area contributed by atoms with Crippen molar-refractivity contribution in [2.24, 2.45) is 0 Å². The van der Waals surface area contributed by atoms with Gasteiger partial charge in [0.2, 0.25) is 0 Å². The average molecular weight is 379 g/mol. The molecule has 0 spiro atoms. The van der Waals surface area contributed by atoms with E-state index < -0.39 is 11.9 Å². The Labute approximate surface area is 159 Å². The lowest BCUT2D eigenvalue weighted by molar-refractivity contribution is -0.306. The molecule has 0 aliphatic carbocycles. The van der Waals surface area contributed by atoms with Crippen LogP contribution in [0.4, 0.5) is 5.69 Å². The maximum atomic E-state index is 12.4. The molecule has 27 heavy (non-hydrogen) atoms. The Hall–Kier alpha value is -3.56. The molecule has 0 saturated carbocycles. The summed E-state index contributed by atoms with van der Waals surface area (Å²) in [7, 11) is 0. The van der Waals surface area contributed by atoms with Crippen LogP contribution in [-0.2, 0) is 16.1 Å². The highest BCUT2D eigenvalue weighted by atomic mass is 35.5. The minimum absolute atomic E-state index is 0.110. The largest absolute Gasteiger partial charge is 0.548 e. The standard InChI is InChI=1S/C20H14ClN3O3/c21-15-5-7-16(8-6-15)23-20(27)13(10-22)9-14-11-24(12-19(25)26)18-4-2-1-3-17(14)18/h1-9,11H,12H2,(H,23,27)(H,25,26)/p-1/b13-9+. The molecule has 6 nitrogen and oxygen atoms in total. The number of nitrogens with zero attached hydrogens (tertiary/aromatic N) is 2. The van der Waals surface area contributed by atoms with Crippen LogP contribution in [0.2, 0.25) is 5.02 Å². The minimum Gasteiger partial charge on any atom is -0.548 e. The number of amides is 1. The van der Waals surface area contributed by atoms with Gasteiger partial charge in [-0.3, -0.25) is 4.79 Å². The van der Waals surface area contributed by atoms with E-state index in [0.717, 1.165) is 5.39 Å². The first-order chi connectivity index (χ1) is 13.0. The van der Waals surface area contributed by atoms with Crippen molar-refractivity contribution in [1.82, 2.24) is 4.57 Å². The van der Waals surface area contributed by atoms with Gasteiger partial charge in [-0.25, -0.2) is 0 Å². The van der Waals surface area contributed by atoms with Crippen molar-refractivity contribution in [3.05, 3.63) is 70.9 Å². The zero-order valence-corrected chi connectivity index (χ0v) is 14.7. The van der Waals surface area contributed by atoms with Crippen molar-refractivity contribution in [3.8, 4) is 6.07 Å². The molecule has 3 rings (SSSR count). The smallest absolute Gasteiger partial charge is 0.266 e. The SMILES string of the molecule is N#C/C(=C\c1cn(CC(=O)[O-])c2ccccc12)C(=O)Nc1ccc(Cl)cc1. The average Bonchev–Trinajstić information content (AvgIpc) is 2.98. The zero-order chi connectivity index (χ0) is 19.4. The van der Waals surface area contributed by atoms with Crippen LogP contribution in [0.25, 0.3) is 17.0 Å². The van der Waals surface area contributed by atoms with Crippen molar-refractivity contribution in [3.63, 3.8) is 0 Å². The van der Waals surface area contributed by atoms with Gasteiger partial charge in [-0.05, 0) is 36.4 Å². The molecule has 0 bridgehead atoms. The summed E-state index contributed by atoms with van der Waals surface area (Å²) in [5, 5.41) is 24.2. The summed E-state index contributed by atoms with van der Waals surface area (Å²) >= 11 is 5.81. The highest BCUT2D eigenvalue weighted by Crippen LogP contribution is 2.24. The number of carbonyl (C=O) groups excluding carboxylic acids is 2. The van der Waals surface area contributed by atoms with E-state index in [1.165, 1.54) is 10.6 Å². The van der Waals surface area contributed by atoms with Crippen LogP contribution in [0.5, 0.6) is 0 Å². The molecular weight excluding hydrogens is 366 g/mol. The number of benzene rings is 2. The van der Waals surface area contributed by atoms with Crippen LogP contribution >= 0.6 is 11.6 Å². The van der Waals surface area contributed by atoms with Crippen molar-refractivity contribution in [2.45, 2.75) is 6.54 Å². The third kappa shape index (κ3) is 4.17. The molecule has 1 aromatic heterocycles. The van der Waals surface area contributed by atoms with Crippen LogP contribution in [0.1, 0.15) is 5.56 Å². The van der Waals surface area contributed by atoms with Gasteiger partial charge in [0, 0.05) is 33.4 Å². The lowest BCUT2D eigenvalue weighted by Crippen LogP contribution is -2.27. The van der Waals surface area contributed by atoms with Crippen LogP contribution in [0.15, 0.2) is 60.3 Å². The first-order valence-corrected chi connectivity index (χ1v) is 8.32. The van der Waals surface area contributed by atoms with Gasteiger partial charge in [-0.15, -0.1) is 0 Å². The number of carbonyl (C=O) groups is 2. The summed E-state index contributed by atoms with van der Waals surface area (Å²) in [6, 6.07) is 15.5. The Morgan fingerprint density at radius 1 is 1.19 bits per heavy atom. The van der Waals surface area contributed by atoms with E-state index in [0.29, 0.717) is 21.8 Å². The molecule has 134 valence electrons. The van der Waals surface area contributed by atoms with Crippen molar-refractivity contribution < 1.29 is 14.7 Å². The topological polar surface area (TPSA) is 97.9 Å². The molecule has 1 N–H and O–H groups in total. The number of halogens is 1. The summed E-state index contributed by atoms with van der Waals surface area (Å²) in [5.41, 5.74) is 1.63. The molecular formula is C20H13ClN3O3-. The monoisotopic (exact) mass is 378 g/mol. The second-order valence-electron chi connectivity index (χ2n) is 5.73. The van der Waals surface area contributed by atoms with Gasteiger partial charge in [0.1, 0.15) is 11.6 Å². The molecule has 0 fully saturated rings. The second-order valence-corrected chi connectivity index (χ2v) is 6.17. The Balaban J connectivity index is 1.95. The third-order valence-electron chi connectivity index (χ3n) is 3.89. The van der Waals surface area contributed by atoms with E-state index in [1.807, 2.05) is 6.07 Å². The highest BCUT2D eigenvalue weighted by molar-refractivity contribution is 6.30. The van der Waals surface area contributed by atoms with Gasteiger partial charge >= 0.3 is 0 Å². The van der Waals surface area contributed by atoms with E-state index in [1.54, 1.807) is 54.7 Å². The van der Waals surface area contributed by atoms with Crippen molar-refractivity contribution >= 4 is 46.1 Å². The number of carboxylic acids is 1.